The van der Waals surface area contributed by atoms with Crippen LogP contribution in [-0.4, -0.2) is 30.9 Å². The second kappa shape index (κ2) is 7.29. The molecule has 0 bridgehead atoms. The van der Waals surface area contributed by atoms with Gasteiger partial charge in [-0.25, -0.2) is 18.9 Å². The first-order valence-corrected chi connectivity index (χ1v) is 9.13. The van der Waals surface area contributed by atoms with Crippen LogP contribution in [0.2, 0.25) is 0 Å². The number of fused-ring (bicyclic) bond motifs is 1. The van der Waals surface area contributed by atoms with Gasteiger partial charge in [0.05, 0.1) is 19.4 Å². The largest absolute Gasteiger partial charge is 0.346 e. The molecular formula is C18H17FN6OS. The molecule has 27 heavy (non-hydrogen) atoms. The number of hydrogen-bond acceptors (Lipinski definition) is 5. The number of rotatable bonds is 6. The molecule has 3 N–H and O–H groups in total. The molecule has 0 amide bonds. The highest BCUT2D eigenvalue weighted by Crippen LogP contribution is 2.33. The number of aromatic amines is 1. The third-order valence-electron chi connectivity index (χ3n) is 4.27. The zero-order chi connectivity index (χ0) is 18.8. The summed E-state index contributed by atoms with van der Waals surface area (Å²) < 4.78 is 15.4. The molecular weight excluding hydrogens is 367 g/mol. The van der Waals surface area contributed by atoms with Crippen molar-refractivity contribution in [3.8, 4) is 10.4 Å². The minimum atomic E-state index is -0.297. The van der Waals surface area contributed by atoms with Gasteiger partial charge in [0.15, 0.2) is 0 Å². The van der Waals surface area contributed by atoms with Crippen LogP contribution >= 0.6 is 11.3 Å². The predicted octanol–water partition coefficient (Wildman–Crippen LogP) is 2.51. The van der Waals surface area contributed by atoms with Crippen LogP contribution in [0.3, 0.4) is 0 Å². The molecule has 0 fully saturated rings. The zero-order valence-electron chi connectivity index (χ0n) is 14.3. The van der Waals surface area contributed by atoms with Crippen molar-refractivity contribution in [1.29, 1.82) is 0 Å². The number of nitrogens with one attached hydrogen (secondary N) is 1. The number of thiophene rings is 1. The first-order chi connectivity index (χ1) is 13.2. The smallest absolute Gasteiger partial charge is 0.345 e. The first kappa shape index (κ1) is 17.4. The van der Waals surface area contributed by atoms with Crippen molar-refractivity contribution in [1.82, 2.24) is 24.3 Å². The van der Waals surface area contributed by atoms with Gasteiger partial charge in [0, 0.05) is 39.6 Å². The van der Waals surface area contributed by atoms with E-state index < -0.39 is 0 Å². The molecule has 0 unspecified atom stereocenters. The van der Waals surface area contributed by atoms with E-state index in [1.165, 1.54) is 15.6 Å². The van der Waals surface area contributed by atoms with Gasteiger partial charge in [-0.1, -0.05) is 0 Å². The van der Waals surface area contributed by atoms with Crippen LogP contribution in [0.5, 0.6) is 0 Å². The van der Waals surface area contributed by atoms with Gasteiger partial charge in [0.25, 0.3) is 0 Å². The first-order valence-electron chi connectivity index (χ1n) is 8.31. The Morgan fingerprint density at radius 1 is 1.37 bits per heavy atom. The molecule has 0 atom stereocenters. The van der Waals surface area contributed by atoms with Crippen molar-refractivity contribution < 1.29 is 4.39 Å². The SMILES string of the molecule is NC/C(=C\F)Cn1ncn(Cc2ccc(-c3c[nH]c4ncccc34)s2)c1=O. The number of H-pyrrole nitrogens is 1. The van der Waals surface area contributed by atoms with Crippen molar-refractivity contribution in [2.75, 3.05) is 6.54 Å². The van der Waals surface area contributed by atoms with Gasteiger partial charge in [-0.3, -0.25) is 4.57 Å². The van der Waals surface area contributed by atoms with E-state index in [2.05, 4.69) is 15.1 Å². The van der Waals surface area contributed by atoms with Gasteiger partial charge < -0.3 is 10.7 Å². The number of nitrogens with two attached hydrogens (primary N) is 1. The maximum atomic E-state index is 12.7. The fourth-order valence-electron chi connectivity index (χ4n) is 2.86. The van der Waals surface area contributed by atoms with Crippen molar-refractivity contribution in [3.05, 3.63) is 70.3 Å². The molecule has 4 heterocycles. The molecule has 4 aromatic heterocycles. The monoisotopic (exact) mass is 384 g/mol. The highest BCUT2D eigenvalue weighted by molar-refractivity contribution is 7.15. The van der Waals surface area contributed by atoms with Crippen LogP contribution in [0.1, 0.15) is 4.88 Å². The molecule has 7 nitrogen and oxygen atoms in total. The van der Waals surface area contributed by atoms with Crippen molar-refractivity contribution in [2.45, 2.75) is 13.1 Å². The molecule has 9 heteroatoms. The Kier molecular flexibility index (Phi) is 4.69. The van der Waals surface area contributed by atoms with Gasteiger partial charge >= 0.3 is 5.69 Å². The highest BCUT2D eigenvalue weighted by atomic mass is 32.1. The van der Waals surface area contributed by atoms with Crippen LogP contribution in [0.15, 0.2) is 59.7 Å². The summed E-state index contributed by atoms with van der Waals surface area (Å²) in [5.41, 5.74) is 7.38. The van der Waals surface area contributed by atoms with E-state index in [-0.39, 0.29) is 18.8 Å². The fraction of sp³-hybridized carbons (Fsp3) is 0.167. The van der Waals surface area contributed by atoms with Gasteiger partial charge in [-0.15, -0.1) is 11.3 Å². The summed E-state index contributed by atoms with van der Waals surface area (Å²) in [6.07, 6.45) is 5.58. The summed E-state index contributed by atoms with van der Waals surface area (Å²) in [7, 11) is 0. The number of aromatic nitrogens is 5. The molecule has 0 aromatic carbocycles. The van der Waals surface area contributed by atoms with Crippen LogP contribution in [0, 0.1) is 0 Å². The van der Waals surface area contributed by atoms with Crippen LogP contribution in [0.25, 0.3) is 21.5 Å². The van der Waals surface area contributed by atoms with E-state index in [4.69, 9.17) is 5.73 Å². The van der Waals surface area contributed by atoms with Crippen molar-refractivity contribution >= 4 is 22.4 Å². The van der Waals surface area contributed by atoms with Gasteiger partial charge in [-0.2, -0.15) is 5.10 Å². The summed E-state index contributed by atoms with van der Waals surface area (Å²) in [4.78, 5) is 22.0. The molecule has 4 rings (SSSR count). The Hall–Kier alpha value is -3.04. The summed E-state index contributed by atoms with van der Waals surface area (Å²) >= 11 is 1.61. The van der Waals surface area contributed by atoms with Crippen LogP contribution in [-0.2, 0) is 13.1 Å². The van der Waals surface area contributed by atoms with Crippen molar-refractivity contribution in [2.24, 2.45) is 5.73 Å². The van der Waals surface area contributed by atoms with Crippen molar-refractivity contribution in [3.63, 3.8) is 0 Å². The Balaban J connectivity index is 1.57. The average Bonchev–Trinajstić information content (AvgIpc) is 3.40. The minimum Gasteiger partial charge on any atom is -0.345 e. The fourth-order valence-corrected chi connectivity index (χ4v) is 3.90. The van der Waals surface area contributed by atoms with E-state index in [0.29, 0.717) is 18.4 Å². The van der Waals surface area contributed by atoms with E-state index in [9.17, 15) is 9.18 Å². The number of pyridine rings is 1. The highest BCUT2D eigenvalue weighted by Gasteiger charge is 2.12. The molecule has 0 aliphatic rings. The number of nitrogens with zero attached hydrogens (tertiary/aromatic N) is 4. The zero-order valence-corrected chi connectivity index (χ0v) is 15.1. The standard InChI is InChI=1S/C18H17FN6OS/c19-6-12(7-20)9-25-18(26)24(11-23-25)10-13-3-4-16(27-13)15-8-22-17-14(15)2-1-5-21-17/h1-6,8,11H,7,9-10,20H2,(H,21,22)/b12-6+. The Labute approximate surface area is 157 Å². The normalized spacial score (nSPS) is 12.1. The van der Waals surface area contributed by atoms with E-state index in [1.54, 1.807) is 17.5 Å². The summed E-state index contributed by atoms with van der Waals surface area (Å²) in [6.45, 7) is 0.502. The molecule has 0 saturated carbocycles. The lowest BCUT2D eigenvalue weighted by Crippen LogP contribution is -2.26. The molecule has 4 aromatic rings. The molecule has 138 valence electrons. The minimum absolute atomic E-state index is 0.0452. The molecule has 0 spiro atoms. The van der Waals surface area contributed by atoms with Gasteiger partial charge in [0.1, 0.15) is 12.0 Å². The number of hydrogen-bond donors (Lipinski definition) is 2. The van der Waals surface area contributed by atoms with Gasteiger partial charge in [0.2, 0.25) is 0 Å². The Morgan fingerprint density at radius 3 is 3.07 bits per heavy atom. The molecule has 0 radical (unpaired) electrons. The lowest BCUT2D eigenvalue weighted by atomic mass is 10.2. The predicted molar refractivity (Wildman–Crippen MR) is 103 cm³/mol. The number of halogens is 1. The molecule has 0 aliphatic heterocycles. The lowest BCUT2D eigenvalue weighted by molar-refractivity contribution is 0.604. The Morgan fingerprint density at radius 2 is 2.26 bits per heavy atom. The topological polar surface area (TPSA) is 94.5 Å². The van der Waals surface area contributed by atoms with E-state index in [1.807, 2.05) is 30.5 Å². The third kappa shape index (κ3) is 3.34. The molecule has 0 saturated heterocycles. The lowest BCUT2D eigenvalue weighted by Gasteiger charge is -2.01. The quantitative estimate of drug-likeness (QED) is 0.534. The van der Waals surface area contributed by atoms with Gasteiger partial charge in [-0.05, 0) is 29.8 Å². The second-order valence-corrected chi connectivity index (χ2v) is 7.21. The van der Waals surface area contributed by atoms with E-state index >= 15 is 0 Å². The van der Waals surface area contributed by atoms with E-state index in [0.717, 1.165) is 26.4 Å². The maximum Gasteiger partial charge on any atom is 0.346 e. The average molecular weight is 384 g/mol. The summed E-state index contributed by atoms with van der Waals surface area (Å²) in [6, 6.07) is 7.95. The maximum absolute atomic E-state index is 12.7. The second-order valence-electron chi connectivity index (χ2n) is 6.04. The van der Waals surface area contributed by atoms with Crippen LogP contribution in [0.4, 0.5) is 4.39 Å². The summed E-state index contributed by atoms with van der Waals surface area (Å²) in [5.74, 6) is 0. The molecule has 0 aliphatic carbocycles. The summed E-state index contributed by atoms with van der Waals surface area (Å²) in [5, 5.41) is 5.10. The Bertz CT molecular complexity index is 1170. The van der Waals surface area contributed by atoms with Crippen LogP contribution < -0.4 is 11.4 Å². The third-order valence-corrected chi connectivity index (χ3v) is 5.37.